The molecule has 1 fully saturated rings. The number of amides is 2. The van der Waals surface area contributed by atoms with Crippen LogP contribution < -0.4 is 10.6 Å². The molecule has 0 aliphatic carbocycles. The van der Waals surface area contributed by atoms with E-state index in [2.05, 4.69) is 10.6 Å². The summed E-state index contributed by atoms with van der Waals surface area (Å²) in [4.78, 5) is 25.4. The third-order valence-corrected chi connectivity index (χ3v) is 5.50. The Morgan fingerprint density at radius 3 is 3.12 bits per heavy atom. The van der Waals surface area contributed by atoms with Gasteiger partial charge in [-0.3, -0.25) is 13.6 Å². The van der Waals surface area contributed by atoms with E-state index in [-0.39, 0.29) is 17.7 Å². The summed E-state index contributed by atoms with van der Waals surface area (Å²) in [6, 6.07) is 6.28. The van der Waals surface area contributed by atoms with Crippen molar-refractivity contribution in [3.63, 3.8) is 0 Å². The number of hydrogen-bond acceptors (Lipinski definition) is 4. The highest BCUT2D eigenvalue weighted by Gasteiger charge is 2.22. The first-order chi connectivity index (χ1) is 12.6. The third-order valence-electron chi connectivity index (χ3n) is 4.45. The monoisotopic (exact) mass is 375 g/mol. The fourth-order valence-corrected chi connectivity index (χ4v) is 4.05. The van der Waals surface area contributed by atoms with Gasteiger partial charge in [-0.2, -0.15) is 0 Å². The lowest BCUT2D eigenvalue weighted by atomic mass is 10.1. The fourth-order valence-electron chi connectivity index (χ4n) is 3.12. The largest absolute Gasteiger partial charge is 0.378 e. The lowest BCUT2D eigenvalue weighted by Crippen LogP contribution is -2.27. The molecule has 136 valence electrons. The molecule has 26 heavy (non-hydrogen) atoms. The second kappa shape index (κ2) is 7.13. The zero-order chi connectivity index (χ0) is 18.1. The lowest BCUT2D eigenvalue weighted by Gasteiger charge is -2.11. The summed E-state index contributed by atoms with van der Waals surface area (Å²) in [6.45, 7) is 1.35. The normalized spacial score (nSPS) is 18.7. The number of nitrogens with one attached hydrogen (secondary N) is 2. The minimum Gasteiger partial charge on any atom is -0.378 e. The Labute approximate surface area is 154 Å². The van der Waals surface area contributed by atoms with Crippen LogP contribution in [-0.4, -0.2) is 35.0 Å². The predicted molar refractivity (Wildman–Crippen MR) is 96.0 cm³/mol. The number of anilines is 1. The number of ether oxygens (including phenoxy) is 1. The Bertz CT molecular complexity index is 861. The van der Waals surface area contributed by atoms with Crippen molar-refractivity contribution in [3.8, 4) is 0 Å². The van der Waals surface area contributed by atoms with Crippen LogP contribution in [0.1, 0.15) is 40.1 Å². The second-order valence-electron chi connectivity index (χ2n) is 6.31. The van der Waals surface area contributed by atoms with Gasteiger partial charge in [-0.25, -0.2) is 4.39 Å². The minimum atomic E-state index is -0.464. The average Bonchev–Trinajstić information content (AvgIpc) is 3.23. The Kier molecular flexibility index (Phi) is 4.69. The van der Waals surface area contributed by atoms with Crippen molar-refractivity contribution in [2.24, 2.45) is 0 Å². The molecule has 0 saturated carbocycles. The van der Waals surface area contributed by atoms with E-state index in [9.17, 15) is 14.0 Å². The molecule has 0 bridgehead atoms. The Morgan fingerprint density at radius 2 is 2.31 bits per heavy atom. The van der Waals surface area contributed by atoms with Crippen molar-refractivity contribution in [2.45, 2.75) is 30.3 Å². The zero-order valence-corrected chi connectivity index (χ0v) is 14.8. The summed E-state index contributed by atoms with van der Waals surface area (Å²) in [6.07, 6.45) is 4.41. The van der Waals surface area contributed by atoms with Crippen LogP contribution in [0.15, 0.2) is 35.4 Å². The number of nitrogens with zero attached hydrogens (tertiary/aromatic N) is 1. The number of halogens is 1. The van der Waals surface area contributed by atoms with Gasteiger partial charge in [0.2, 0.25) is 0 Å². The van der Waals surface area contributed by atoms with Crippen LogP contribution in [-0.2, 0) is 4.74 Å². The number of benzene rings is 1. The van der Waals surface area contributed by atoms with Gasteiger partial charge in [0.05, 0.1) is 22.9 Å². The molecular weight excluding hydrogens is 357 g/mol. The van der Waals surface area contributed by atoms with Gasteiger partial charge in [0.1, 0.15) is 11.5 Å². The fraction of sp³-hybridized carbons (Fsp3) is 0.333. The van der Waals surface area contributed by atoms with Gasteiger partial charge in [0.15, 0.2) is 0 Å². The van der Waals surface area contributed by atoms with Crippen LogP contribution in [0.4, 0.5) is 10.1 Å². The molecule has 8 heteroatoms. The van der Waals surface area contributed by atoms with Crippen LogP contribution in [0.25, 0.3) is 0 Å². The molecule has 2 N–H and O–H groups in total. The van der Waals surface area contributed by atoms with Gasteiger partial charge >= 0.3 is 0 Å². The molecule has 2 aliphatic rings. The van der Waals surface area contributed by atoms with E-state index in [4.69, 9.17) is 4.74 Å². The molecule has 3 heterocycles. The number of carbonyl (C=O) groups excluding carboxylic acids is 2. The van der Waals surface area contributed by atoms with Crippen molar-refractivity contribution >= 4 is 29.4 Å². The van der Waals surface area contributed by atoms with E-state index < -0.39 is 11.7 Å². The van der Waals surface area contributed by atoms with Crippen molar-refractivity contribution in [2.75, 3.05) is 18.5 Å². The first-order valence-electron chi connectivity index (χ1n) is 8.51. The van der Waals surface area contributed by atoms with Crippen LogP contribution in [0.5, 0.6) is 0 Å². The first kappa shape index (κ1) is 17.1. The number of fused-ring (bicyclic) bond motifs is 2. The Morgan fingerprint density at radius 1 is 1.42 bits per heavy atom. The molecule has 1 saturated heterocycles. The number of hydrogen-bond donors (Lipinski definition) is 2. The Balaban J connectivity index is 1.45. The summed E-state index contributed by atoms with van der Waals surface area (Å²) in [5.41, 5.74) is 1.23. The van der Waals surface area contributed by atoms with E-state index in [0.29, 0.717) is 17.8 Å². The highest BCUT2D eigenvalue weighted by molar-refractivity contribution is 7.98. The van der Waals surface area contributed by atoms with Crippen molar-refractivity contribution < 1.29 is 18.7 Å². The highest BCUT2D eigenvalue weighted by Crippen LogP contribution is 2.34. The summed E-state index contributed by atoms with van der Waals surface area (Å²) in [5.74, 6) is -1.07. The summed E-state index contributed by atoms with van der Waals surface area (Å²) in [5, 5.41) is 5.63. The average molecular weight is 375 g/mol. The standard InChI is InChI=1S/C18H18FN3O3S/c19-12-9-15-18(24)21-14-8-11(3-4-16(14)26-22(15)10-12)17(23)20-6-5-13-2-1-7-25-13/h3-4,8-10,13H,1-2,5-7H2,(H,20,23)(H,21,24). The lowest BCUT2D eigenvalue weighted by molar-refractivity contribution is 0.0906. The SMILES string of the molecule is O=C(NCCC1CCCO1)c1ccc2c(c1)NC(=O)c1cc(F)cn1S2. The molecule has 4 rings (SSSR count). The molecule has 2 aliphatic heterocycles. The third kappa shape index (κ3) is 3.47. The Hall–Kier alpha value is -2.32. The van der Waals surface area contributed by atoms with Gasteiger partial charge in [-0.1, -0.05) is 0 Å². The highest BCUT2D eigenvalue weighted by atomic mass is 32.2. The summed E-state index contributed by atoms with van der Waals surface area (Å²) in [7, 11) is 0. The summed E-state index contributed by atoms with van der Waals surface area (Å²) >= 11 is 1.23. The zero-order valence-electron chi connectivity index (χ0n) is 14.0. The molecule has 2 aromatic rings. The first-order valence-corrected chi connectivity index (χ1v) is 9.29. The van der Waals surface area contributed by atoms with Gasteiger partial charge in [-0.05, 0) is 49.4 Å². The smallest absolute Gasteiger partial charge is 0.273 e. The molecule has 2 amide bonds. The number of aromatic nitrogens is 1. The van der Waals surface area contributed by atoms with E-state index in [1.807, 2.05) is 0 Å². The van der Waals surface area contributed by atoms with Gasteiger partial charge in [0, 0.05) is 24.8 Å². The van der Waals surface area contributed by atoms with E-state index in [1.54, 1.807) is 18.2 Å². The van der Waals surface area contributed by atoms with Crippen LogP contribution >= 0.6 is 11.9 Å². The van der Waals surface area contributed by atoms with Crippen LogP contribution in [0.2, 0.25) is 0 Å². The van der Waals surface area contributed by atoms with Crippen molar-refractivity contribution in [1.29, 1.82) is 0 Å². The maximum Gasteiger partial charge on any atom is 0.273 e. The molecule has 0 spiro atoms. The minimum absolute atomic E-state index is 0.194. The predicted octanol–water partition coefficient (Wildman–Crippen LogP) is 3.05. The molecule has 1 aromatic heterocycles. The number of carbonyl (C=O) groups is 2. The number of rotatable bonds is 4. The maximum absolute atomic E-state index is 13.4. The van der Waals surface area contributed by atoms with Crippen molar-refractivity contribution in [1.82, 2.24) is 9.29 Å². The van der Waals surface area contributed by atoms with Gasteiger partial charge in [0.25, 0.3) is 11.8 Å². The molecule has 6 nitrogen and oxygen atoms in total. The van der Waals surface area contributed by atoms with E-state index in [1.165, 1.54) is 28.2 Å². The topological polar surface area (TPSA) is 72.4 Å². The molecule has 1 aromatic carbocycles. The van der Waals surface area contributed by atoms with E-state index >= 15 is 0 Å². The van der Waals surface area contributed by atoms with Gasteiger partial charge in [-0.15, -0.1) is 0 Å². The van der Waals surface area contributed by atoms with Crippen molar-refractivity contribution in [3.05, 3.63) is 47.5 Å². The molecule has 0 radical (unpaired) electrons. The molecule has 1 unspecified atom stereocenters. The molecular formula is C18H18FN3O3S. The second-order valence-corrected chi connectivity index (χ2v) is 7.32. The van der Waals surface area contributed by atoms with Gasteiger partial charge < -0.3 is 15.4 Å². The van der Waals surface area contributed by atoms with E-state index in [0.717, 1.165) is 30.8 Å². The van der Waals surface area contributed by atoms with Crippen LogP contribution in [0, 0.1) is 5.82 Å². The maximum atomic E-state index is 13.4. The quantitative estimate of drug-likeness (QED) is 0.862. The summed E-state index contributed by atoms with van der Waals surface area (Å²) < 4.78 is 20.4. The molecule has 1 atom stereocenters. The van der Waals surface area contributed by atoms with Crippen LogP contribution in [0.3, 0.4) is 0 Å².